The van der Waals surface area contributed by atoms with Crippen molar-refractivity contribution in [2.75, 3.05) is 26.2 Å². The summed E-state index contributed by atoms with van der Waals surface area (Å²) in [5, 5.41) is 3.26. The van der Waals surface area contributed by atoms with Crippen molar-refractivity contribution >= 4 is 21.9 Å². The number of nitrogens with one attached hydrogen (secondary N) is 1. The highest BCUT2D eigenvalue weighted by atomic mass is 79.9. The van der Waals surface area contributed by atoms with Gasteiger partial charge in [0.05, 0.1) is 6.61 Å². The molecular formula is C15H21BrN2O2. The maximum Gasteiger partial charge on any atom is 0.324 e. The van der Waals surface area contributed by atoms with Crippen molar-refractivity contribution in [3.05, 3.63) is 33.8 Å². The van der Waals surface area contributed by atoms with Gasteiger partial charge < -0.3 is 10.1 Å². The highest BCUT2D eigenvalue weighted by Crippen LogP contribution is 2.19. The number of esters is 1. The van der Waals surface area contributed by atoms with E-state index in [1.54, 1.807) is 0 Å². The first-order chi connectivity index (χ1) is 9.61. The minimum absolute atomic E-state index is 0.133. The number of benzene rings is 1. The zero-order chi connectivity index (χ0) is 14.5. The van der Waals surface area contributed by atoms with Crippen LogP contribution in [0.15, 0.2) is 22.7 Å². The number of nitrogens with zero attached hydrogens (tertiary/aromatic N) is 1. The summed E-state index contributed by atoms with van der Waals surface area (Å²) >= 11 is 3.56. The van der Waals surface area contributed by atoms with Gasteiger partial charge in [0.25, 0.3) is 0 Å². The molecule has 2 rings (SSSR count). The highest BCUT2D eigenvalue weighted by molar-refractivity contribution is 9.10. The second kappa shape index (κ2) is 7.20. The molecule has 0 aliphatic carbocycles. The summed E-state index contributed by atoms with van der Waals surface area (Å²) in [5.41, 5.74) is 2.43. The van der Waals surface area contributed by atoms with Crippen LogP contribution in [-0.4, -0.2) is 43.2 Å². The van der Waals surface area contributed by atoms with E-state index in [1.807, 2.05) is 6.92 Å². The number of aryl methyl sites for hydroxylation is 1. The minimum atomic E-state index is -0.191. The van der Waals surface area contributed by atoms with Gasteiger partial charge in [-0.1, -0.05) is 28.1 Å². The van der Waals surface area contributed by atoms with E-state index in [0.717, 1.165) is 24.1 Å². The van der Waals surface area contributed by atoms with Gasteiger partial charge in [0.1, 0.15) is 6.04 Å². The van der Waals surface area contributed by atoms with E-state index in [2.05, 4.69) is 51.3 Å². The second-order valence-electron chi connectivity index (χ2n) is 5.03. The number of carbonyl (C=O) groups excluding carboxylic acids is 1. The van der Waals surface area contributed by atoms with Crippen molar-refractivity contribution in [1.29, 1.82) is 0 Å². The Hall–Kier alpha value is -0.910. The van der Waals surface area contributed by atoms with E-state index in [-0.39, 0.29) is 12.0 Å². The van der Waals surface area contributed by atoms with Crippen LogP contribution in [0.25, 0.3) is 0 Å². The zero-order valence-corrected chi connectivity index (χ0v) is 13.6. The molecule has 110 valence electrons. The van der Waals surface area contributed by atoms with Gasteiger partial charge in [-0.05, 0) is 31.0 Å². The Labute approximate surface area is 128 Å². The maximum absolute atomic E-state index is 12.0. The van der Waals surface area contributed by atoms with Crippen LogP contribution < -0.4 is 5.32 Å². The first-order valence-corrected chi connectivity index (χ1v) is 7.77. The van der Waals surface area contributed by atoms with Crippen molar-refractivity contribution in [3.63, 3.8) is 0 Å². The van der Waals surface area contributed by atoms with Gasteiger partial charge in [0.15, 0.2) is 0 Å². The van der Waals surface area contributed by atoms with Crippen LogP contribution >= 0.6 is 15.9 Å². The number of hydrogen-bond donors (Lipinski definition) is 1. The Kier molecular flexibility index (Phi) is 5.57. The van der Waals surface area contributed by atoms with Gasteiger partial charge in [-0.15, -0.1) is 0 Å². The number of piperazine rings is 1. The molecule has 0 spiro atoms. The predicted molar refractivity (Wildman–Crippen MR) is 82.6 cm³/mol. The van der Waals surface area contributed by atoms with E-state index in [4.69, 9.17) is 4.74 Å². The van der Waals surface area contributed by atoms with E-state index < -0.39 is 0 Å². The summed E-state index contributed by atoms with van der Waals surface area (Å²) in [6, 6.07) is 6.15. The van der Waals surface area contributed by atoms with Crippen LogP contribution in [0.4, 0.5) is 0 Å². The first-order valence-electron chi connectivity index (χ1n) is 6.98. The lowest BCUT2D eigenvalue weighted by atomic mass is 10.1. The molecule has 0 radical (unpaired) electrons. The summed E-state index contributed by atoms with van der Waals surface area (Å²) in [5.74, 6) is -0.133. The van der Waals surface area contributed by atoms with Crippen LogP contribution in [0.2, 0.25) is 0 Å². The van der Waals surface area contributed by atoms with Crippen LogP contribution in [0.5, 0.6) is 0 Å². The molecule has 0 aromatic heterocycles. The van der Waals surface area contributed by atoms with Crippen LogP contribution in [0.3, 0.4) is 0 Å². The first kappa shape index (κ1) is 15.5. The third-order valence-corrected chi connectivity index (χ3v) is 4.39. The Bertz CT molecular complexity index is 479. The topological polar surface area (TPSA) is 41.6 Å². The Morgan fingerprint density at radius 1 is 1.55 bits per heavy atom. The third kappa shape index (κ3) is 3.81. The number of ether oxygens (including phenoxy) is 1. The molecule has 1 aromatic rings. The van der Waals surface area contributed by atoms with E-state index in [1.165, 1.54) is 11.1 Å². The van der Waals surface area contributed by atoms with Gasteiger partial charge in [-0.2, -0.15) is 0 Å². The smallest absolute Gasteiger partial charge is 0.324 e. The average molecular weight is 341 g/mol. The van der Waals surface area contributed by atoms with Gasteiger partial charge in [-0.25, -0.2) is 0 Å². The Balaban J connectivity index is 2.08. The normalized spacial score (nSPS) is 19.9. The molecule has 0 saturated carbocycles. The van der Waals surface area contributed by atoms with E-state index in [0.29, 0.717) is 13.2 Å². The van der Waals surface area contributed by atoms with E-state index >= 15 is 0 Å². The molecule has 20 heavy (non-hydrogen) atoms. The molecule has 1 heterocycles. The summed E-state index contributed by atoms with van der Waals surface area (Å²) in [7, 11) is 0. The summed E-state index contributed by atoms with van der Waals surface area (Å²) in [6.45, 7) is 7.53. The Morgan fingerprint density at radius 3 is 3.05 bits per heavy atom. The molecule has 0 amide bonds. The SMILES string of the molecule is CCOC(=O)C1CNCCN1Cc1ccc(C)c(Br)c1. The van der Waals surface area contributed by atoms with E-state index in [9.17, 15) is 4.79 Å². The molecule has 0 bridgehead atoms. The number of halogens is 1. The molecule has 1 aromatic carbocycles. The van der Waals surface area contributed by atoms with Crippen LogP contribution in [0.1, 0.15) is 18.1 Å². The summed E-state index contributed by atoms with van der Waals surface area (Å²) in [6.07, 6.45) is 0. The van der Waals surface area contributed by atoms with Gasteiger partial charge >= 0.3 is 5.97 Å². The molecule has 1 saturated heterocycles. The molecule has 1 atom stereocenters. The number of carbonyl (C=O) groups is 1. The van der Waals surface area contributed by atoms with Crippen molar-refractivity contribution in [3.8, 4) is 0 Å². The number of rotatable bonds is 4. The molecule has 1 fully saturated rings. The zero-order valence-electron chi connectivity index (χ0n) is 12.0. The third-order valence-electron chi connectivity index (χ3n) is 3.53. The average Bonchev–Trinajstić information content (AvgIpc) is 2.44. The molecule has 1 unspecified atom stereocenters. The quantitative estimate of drug-likeness (QED) is 0.852. The van der Waals surface area contributed by atoms with Gasteiger partial charge in [0, 0.05) is 30.7 Å². The molecule has 1 N–H and O–H groups in total. The molecule has 1 aliphatic rings. The highest BCUT2D eigenvalue weighted by Gasteiger charge is 2.29. The fraction of sp³-hybridized carbons (Fsp3) is 0.533. The lowest BCUT2D eigenvalue weighted by Gasteiger charge is -2.34. The minimum Gasteiger partial charge on any atom is -0.465 e. The fourth-order valence-corrected chi connectivity index (χ4v) is 2.80. The molecule has 5 heteroatoms. The van der Waals surface area contributed by atoms with Crippen LogP contribution in [0, 0.1) is 6.92 Å². The monoisotopic (exact) mass is 340 g/mol. The lowest BCUT2D eigenvalue weighted by molar-refractivity contribution is -0.150. The summed E-state index contributed by atoms with van der Waals surface area (Å²) < 4.78 is 6.27. The van der Waals surface area contributed by atoms with Crippen molar-refractivity contribution < 1.29 is 9.53 Å². The van der Waals surface area contributed by atoms with Crippen molar-refractivity contribution in [2.45, 2.75) is 26.4 Å². The van der Waals surface area contributed by atoms with Crippen LogP contribution in [-0.2, 0) is 16.1 Å². The predicted octanol–water partition coefficient (Wildman–Crippen LogP) is 2.09. The maximum atomic E-state index is 12.0. The lowest BCUT2D eigenvalue weighted by Crippen LogP contribution is -2.54. The largest absolute Gasteiger partial charge is 0.465 e. The molecule has 4 nitrogen and oxygen atoms in total. The molecular weight excluding hydrogens is 320 g/mol. The standard InChI is InChI=1S/C15H21BrN2O2/c1-3-20-15(19)14-9-17-6-7-18(14)10-12-5-4-11(2)13(16)8-12/h4-5,8,14,17H,3,6-7,9-10H2,1-2H3. The Morgan fingerprint density at radius 2 is 2.35 bits per heavy atom. The van der Waals surface area contributed by atoms with Crippen molar-refractivity contribution in [2.24, 2.45) is 0 Å². The van der Waals surface area contributed by atoms with Crippen molar-refractivity contribution in [1.82, 2.24) is 10.2 Å². The number of hydrogen-bond acceptors (Lipinski definition) is 4. The fourth-order valence-electron chi connectivity index (χ4n) is 2.38. The summed E-state index contributed by atoms with van der Waals surface area (Å²) in [4.78, 5) is 14.2. The van der Waals surface area contributed by atoms with Gasteiger partial charge in [-0.3, -0.25) is 9.69 Å². The molecule has 1 aliphatic heterocycles. The second-order valence-corrected chi connectivity index (χ2v) is 5.88. The van der Waals surface area contributed by atoms with Gasteiger partial charge in [0.2, 0.25) is 0 Å².